The number of hydrogen-bond acceptors (Lipinski definition) is 4. The molecule has 0 bridgehead atoms. The molecule has 1 atom stereocenters. The molecule has 0 aliphatic heterocycles. The molecule has 1 aromatic heterocycles. The number of aromatic nitrogens is 3. The largest absolute Gasteiger partial charge is 0.325 e. The molecule has 128 valence electrons. The van der Waals surface area contributed by atoms with Gasteiger partial charge in [0, 0.05) is 16.4 Å². The number of nitrogens with one attached hydrogen (secondary N) is 1. The monoisotopic (exact) mass is 372 g/mol. The quantitative estimate of drug-likeness (QED) is 0.676. The smallest absolute Gasteiger partial charge is 0.237 e. The molecule has 1 unspecified atom stereocenters. The Kier molecular flexibility index (Phi) is 5.40. The van der Waals surface area contributed by atoms with E-state index >= 15 is 0 Å². The maximum Gasteiger partial charge on any atom is 0.237 e. The van der Waals surface area contributed by atoms with E-state index < -0.39 is 0 Å². The third-order valence-electron chi connectivity index (χ3n) is 3.73. The first-order valence-corrected chi connectivity index (χ1v) is 9.00. The summed E-state index contributed by atoms with van der Waals surface area (Å²) in [6, 6.07) is 15.2. The fourth-order valence-corrected chi connectivity index (χ4v) is 3.28. The normalized spacial score (nSPS) is 12.0. The Bertz CT molecular complexity index is 882. The second-order valence-corrected chi connectivity index (χ2v) is 7.20. The van der Waals surface area contributed by atoms with E-state index in [-0.39, 0.29) is 11.2 Å². The van der Waals surface area contributed by atoms with E-state index in [0.29, 0.717) is 10.2 Å². The lowest BCUT2D eigenvalue weighted by atomic mass is 10.2. The SMILES string of the molecule is Cc1c(Cl)cccc1NC(=O)C(C)Sc1nncn1-c1ccccc1. The Labute approximate surface area is 155 Å². The molecule has 0 saturated carbocycles. The van der Waals surface area contributed by atoms with Gasteiger partial charge < -0.3 is 5.32 Å². The van der Waals surface area contributed by atoms with Gasteiger partial charge in [-0.25, -0.2) is 0 Å². The first kappa shape index (κ1) is 17.5. The van der Waals surface area contributed by atoms with Crippen molar-refractivity contribution < 1.29 is 4.79 Å². The molecule has 1 heterocycles. The molecule has 7 heteroatoms. The average molecular weight is 373 g/mol. The number of para-hydroxylation sites is 1. The van der Waals surface area contributed by atoms with Gasteiger partial charge in [0.1, 0.15) is 6.33 Å². The number of benzene rings is 2. The van der Waals surface area contributed by atoms with Crippen LogP contribution in [-0.4, -0.2) is 25.9 Å². The Morgan fingerprint density at radius 3 is 2.72 bits per heavy atom. The van der Waals surface area contributed by atoms with Gasteiger partial charge in [-0.1, -0.05) is 47.6 Å². The number of thioether (sulfide) groups is 1. The van der Waals surface area contributed by atoms with Crippen LogP contribution in [0.4, 0.5) is 5.69 Å². The van der Waals surface area contributed by atoms with Crippen molar-refractivity contribution in [3.63, 3.8) is 0 Å². The van der Waals surface area contributed by atoms with E-state index in [1.165, 1.54) is 11.8 Å². The molecule has 1 N–H and O–H groups in total. The molecule has 3 aromatic rings. The molecule has 1 amide bonds. The maximum absolute atomic E-state index is 12.5. The predicted molar refractivity (Wildman–Crippen MR) is 101 cm³/mol. The van der Waals surface area contributed by atoms with Crippen LogP contribution in [0.15, 0.2) is 60.0 Å². The third kappa shape index (κ3) is 4.03. The minimum absolute atomic E-state index is 0.113. The number of nitrogens with zero attached hydrogens (tertiary/aromatic N) is 3. The zero-order valence-electron chi connectivity index (χ0n) is 13.8. The second-order valence-electron chi connectivity index (χ2n) is 5.48. The lowest BCUT2D eigenvalue weighted by Crippen LogP contribution is -2.23. The van der Waals surface area contributed by atoms with Crippen LogP contribution >= 0.6 is 23.4 Å². The highest BCUT2D eigenvalue weighted by Gasteiger charge is 2.19. The van der Waals surface area contributed by atoms with Gasteiger partial charge in [-0.05, 0) is 43.7 Å². The van der Waals surface area contributed by atoms with Crippen LogP contribution in [-0.2, 0) is 4.79 Å². The minimum atomic E-state index is -0.343. The second kappa shape index (κ2) is 7.72. The van der Waals surface area contributed by atoms with Gasteiger partial charge in [0.2, 0.25) is 5.91 Å². The van der Waals surface area contributed by atoms with Crippen molar-refractivity contribution in [1.82, 2.24) is 14.8 Å². The molecular formula is C18H17ClN4OS. The van der Waals surface area contributed by atoms with Crippen molar-refractivity contribution in [3.05, 3.63) is 65.4 Å². The van der Waals surface area contributed by atoms with Crippen molar-refractivity contribution in [2.75, 3.05) is 5.32 Å². The molecular weight excluding hydrogens is 356 g/mol. The van der Waals surface area contributed by atoms with Crippen LogP contribution in [0, 0.1) is 6.92 Å². The van der Waals surface area contributed by atoms with Gasteiger partial charge in [0.15, 0.2) is 5.16 Å². The summed E-state index contributed by atoms with van der Waals surface area (Å²) in [5, 5.41) is 12.0. The molecule has 2 aromatic carbocycles. The summed E-state index contributed by atoms with van der Waals surface area (Å²) in [6.45, 7) is 3.71. The number of amides is 1. The highest BCUT2D eigenvalue weighted by Crippen LogP contribution is 2.27. The van der Waals surface area contributed by atoms with Crippen LogP contribution < -0.4 is 5.32 Å². The van der Waals surface area contributed by atoms with Crippen LogP contribution in [0.2, 0.25) is 5.02 Å². The number of carbonyl (C=O) groups is 1. The van der Waals surface area contributed by atoms with Crippen molar-refractivity contribution >= 4 is 35.0 Å². The summed E-state index contributed by atoms with van der Waals surface area (Å²) in [5.41, 5.74) is 2.52. The zero-order chi connectivity index (χ0) is 17.8. The highest BCUT2D eigenvalue weighted by molar-refractivity contribution is 8.00. The van der Waals surface area contributed by atoms with Gasteiger partial charge in [0.05, 0.1) is 5.25 Å². The Hall–Kier alpha value is -2.31. The number of halogens is 1. The number of anilines is 1. The van der Waals surface area contributed by atoms with E-state index in [4.69, 9.17) is 11.6 Å². The Morgan fingerprint density at radius 2 is 1.96 bits per heavy atom. The van der Waals surface area contributed by atoms with Gasteiger partial charge in [-0.15, -0.1) is 10.2 Å². The molecule has 0 saturated heterocycles. The maximum atomic E-state index is 12.5. The molecule has 0 spiro atoms. The zero-order valence-corrected chi connectivity index (χ0v) is 15.4. The molecule has 25 heavy (non-hydrogen) atoms. The molecule has 0 fully saturated rings. The van der Waals surface area contributed by atoms with Gasteiger partial charge >= 0.3 is 0 Å². The fourth-order valence-electron chi connectivity index (χ4n) is 2.26. The van der Waals surface area contributed by atoms with E-state index in [1.807, 2.05) is 60.9 Å². The first-order valence-electron chi connectivity index (χ1n) is 7.74. The molecule has 3 rings (SSSR count). The molecule has 0 aliphatic carbocycles. The lowest BCUT2D eigenvalue weighted by Gasteiger charge is -2.14. The summed E-state index contributed by atoms with van der Waals surface area (Å²) in [6.07, 6.45) is 1.64. The molecule has 0 radical (unpaired) electrons. The fraction of sp³-hybridized carbons (Fsp3) is 0.167. The van der Waals surface area contributed by atoms with Gasteiger partial charge in [0.25, 0.3) is 0 Å². The topological polar surface area (TPSA) is 59.8 Å². The van der Waals surface area contributed by atoms with E-state index in [9.17, 15) is 4.79 Å². The van der Waals surface area contributed by atoms with Crippen molar-refractivity contribution in [2.24, 2.45) is 0 Å². The van der Waals surface area contributed by atoms with Crippen LogP contribution in [0.5, 0.6) is 0 Å². The predicted octanol–water partition coefficient (Wildman–Crippen LogP) is 4.35. The summed E-state index contributed by atoms with van der Waals surface area (Å²) >= 11 is 7.46. The Balaban J connectivity index is 1.73. The minimum Gasteiger partial charge on any atom is -0.325 e. The Morgan fingerprint density at radius 1 is 1.20 bits per heavy atom. The number of carbonyl (C=O) groups excluding carboxylic acids is 1. The highest BCUT2D eigenvalue weighted by atomic mass is 35.5. The molecule has 5 nitrogen and oxygen atoms in total. The van der Waals surface area contributed by atoms with Crippen LogP contribution in [0.25, 0.3) is 5.69 Å². The van der Waals surface area contributed by atoms with E-state index in [0.717, 1.165) is 16.9 Å². The van der Waals surface area contributed by atoms with Gasteiger partial charge in [-0.3, -0.25) is 9.36 Å². The van der Waals surface area contributed by atoms with Crippen LogP contribution in [0.3, 0.4) is 0 Å². The standard InChI is InChI=1S/C18H17ClN4OS/c1-12-15(19)9-6-10-16(12)21-17(24)13(2)25-18-22-20-11-23(18)14-7-4-3-5-8-14/h3-11,13H,1-2H3,(H,21,24). The number of hydrogen-bond donors (Lipinski definition) is 1. The van der Waals surface area contributed by atoms with Crippen molar-refractivity contribution in [1.29, 1.82) is 0 Å². The van der Waals surface area contributed by atoms with Gasteiger partial charge in [-0.2, -0.15) is 0 Å². The van der Waals surface area contributed by atoms with Crippen LogP contribution in [0.1, 0.15) is 12.5 Å². The summed E-state index contributed by atoms with van der Waals surface area (Å²) in [7, 11) is 0. The van der Waals surface area contributed by atoms with E-state index in [2.05, 4.69) is 15.5 Å². The first-order chi connectivity index (χ1) is 12.1. The lowest BCUT2D eigenvalue weighted by molar-refractivity contribution is -0.115. The summed E-state index contributed by atoms with van der Waals surface area (Å²) < 4.78 is 1.86. The summed E-state index contributed by atoms with van der Waals surface area (Å²) in [4.78, 5) is 12.5. The summed E-state index contributed by atoms with van der Waals surface area (Å²) in [5.74, 6) is -0.113. The third-order valence-corrected chi connectivity index (χ3v) is 5.19. The van der Waals surface area contributed by atoms with E-state index in [1.54, 1.807) is 12.4 Å². The van der Waals surface area contributed by atoms with Crippen molar-refractivity contribution in [3.8, 4) is 5.69 Å². The average Bonchev–Trinajstić information content (AvgIpc) is 3.07. The molecule has 0 aliphatic rings. The number of rotatable bonds is 5. The van der Waals surface area contributed by atoms with Crippen molar-refractivity contribution in [2.45, 2.75) is 24.3 Å².